The first-order chi connectivity index (χ1) is 7.58. The predicted octanol–water partition coefficient (Wildman–Crippen LogP) is 1.62. The molecule has 0 bridgehead atoms. The summed E-state index contributed by atoms with van der Waals surface area (Å²) in [6.07, 6.45) is 2.03. The first kappa shape index (κ1) is 10.6. The van der Waals surface area contributed by atoms with Crippen LogP contribution in [0.25, 0.3) is 5.65 Å². The van der Waals surface area contributed by atoms with Gasteiger partial charge in [0.1, 0.15) is 5.82 Å². The topological polar surface area (TPSA) is 67.5 Å². The normalized spacial score (nSPS) is 12.9. The van der Waals surface area contributed by atoms with Gasteiger partial charge in [-0.1, -0.05) is 13.0 Å². The van der Waals surface area contributed by atoms with E-state index < -0.39 is 5.97 Å². The van der Waals surface area contributed by atoms with Gasteiger partial charge in [-0.2, -0.15) is 0 Å². The van der Waals surface area contributed by atoms with Gasteiger partial charge in [0.2, 0.25) is 0 Å². The smallest absolute Gasteiger partial charge is 0.303 e. The Hall–Kier alpha value is -1.91. The zero-order valence-corrected chi connectivity index (χ0v) is 9.21. The molecule has 1 N–H and O–H groups in total. The van der Waals surface area contributed by atoms with Crippen molar-refractivity contribution in [3.05, 3.63) is 29.7 Å². The molecule has 1 unspecified atom stereocenters. The number of hydrogen-bond donors (Lipinski definition) is 1. The van der Waals surface area contributed by atoms with E-state index in [1.54, 1.807) is 0 Å². The molecule has 0 aromatic carbocycles. The van der Waals surface area contributed by atoms with E-state index in [0.29, 0.717) is 0 Å². The summed E-state index contributed by atoms with van der Waals surface area (Å²) in [5.74, 6) is 0.0103. The first-order valence-electron chi connectivity index (χ1n) is 5.11. The fourth-order valence-electron chi connectivity index (χ4n) is 1.69. The highest BCUT2D eigenvalue weighted by Gasteiger charge is 2.11. The summed E-state index contributed by atoms with van der Waals surface area (Å²) >= 11 is 0. The van der Waals surface area contributed by atoms with E-state index in [1.165, 1.54) is 0 Å². The first-order valence-corrected chi connectivity index (χ1v) is 5.11. The Morgan fingerprint density at radius 3 is 2.94 bits per heavy atom. The molecule has 0 aliphatic heterocycles. The summed E-state index contributed by atoms with van der Waals surface area (Å²) in [5, 5.41) is 16.7. The van der Waals surface area contributed by atoms with Gasteiger partial charge in [0.15, 0.2) is 5.65 Å². The van der Waals surface area contributed by atoms with E-state index in [0.717, 1.165) is 17.0 Å². The van der Waals surface area contributed by atoms with Gasteiger partial charge in [-0.3, -0.25) is 9.20 Å². The van der Waals surface area contributed by atoms with Crippen molar-refractivity contribution < 1.29 is 9.90 Å². The molecule has 5 heteroatoms. The molecule has 16 heavy (non-hydrogen) atoms. The van der Waals surface area contributed by atoms with Gasteiger partial charge in [-0.25, -0.2) is 0 Å². The number of pyridine rings is 1. The van der Waals surface area contributed by atoms with Crippen LogP contribution in [0.5, 0.6) is 0 Å². The van der Waals surface area contributed by atoms with E-state index >= 15 is 0 Å². The number of aliphatic carboxylic acids is 1. The highest BCUT2D eigenvalue weighted by Crippen LogP contribution is 2.19. The molecule has 2 heterocycles. The zero-order valence-electron chi connectivity index (χ0n) is 9.21. The number of aryl methyl sites for hydroxylation is 1. The van der Waals surface area contributed by atoms with Gasteiger partial charge >= 0.3 is 5.97 Å². The largest absolute Gasteiger partial charge is 0.481 e. The van der Waals surface area contributed by atoms with Crippen molar-refractivity contribution >= 4 is 11.6 Å². The number of carbonyl (C=O) groups is 1. The lowest BCUT2D eigenvalue weighted by Crippen LogP contribution is -2.04. The summed E-state index contributed by atoms with van der Waals surface area (Å²) < 4.78 is 1.87. The number of carboxylic acids is 1. The number of fused-ring (bicyclic) bond motifs is 1. The van der Waals surface area contributed by atoms with Gasteiger partial charge in [-0.15, -0.1) is 10.2 Å². The maximum atomic E-state index is 10.6. The molecule has 0 saturated carbocycles. The summed E-state index contributed by atoms with van der Waals surface area (Å²) in [7, 11) is 0. The zero-order chi connectivity index (χ0) is 11.7. The van der Waals surface area contributed by atoms with E-state index in [9.17, 15) is 4.79 Å². The number of carboxylic acid groups (broad SMARTS) is 1. The molecule has 0 amide bonds. The van der Waals surface area contributed by atoms with Crippen LogP contribution >= 0.6 is 0 Å². The van der Waals surface area contributed by atoms with Crippen molar-refractivity contribution in [2.75, 3.05) is 0 Å². The monoisotopic (exact) mass is 219 g/mol. The van der Waals surface area contributed by atoms with Crippen molar-refractivity contribution in [1.82, 2.24) is 14.6 Å². The van der Waals surface area contributed by atoms with Gasteiger partial charge in [0.05, 0.1) is 6.42 Å². The third kappa shape index (κ3) is 1.88. The van der Waals surface area contributed by atoms with Crippen LogP contribution in [0.1, 0.15) is 30.7 Å². The molecule has 2 rings (SSSR count). The van der Waals surface area contributed by atoms with Gasteiger partial charge in [0, 0.05) is 6.20 Å². The van der Waals surface area contributed by atoms with Crippen LogP contribution in [-0.4, -0.2) is 25.7 Å². The second-order valence-corrected chi connectivity index (χ2v) is 3.94. The molecular weight excluding hydrogens is 206 g/mol. The lowest BCUT2D eigenvalue weighted by molar-refractivity contribution is -0.137. The molecule has 0 radical (unpaired) electrons. The molecule has 0 saturated heterocycles. The molecular formula is C11H13N3O2. The van der Waals surface area contributed by atoms with Crippen LogP contribution in [0.2, 0.25) is 0 Å². The van der Waals surface area contributed by atoms with Crippen molar-refractivity contribution in [3.8, 4) is 0 Å². The summed E-state index contributed by atoms with van der Waals surface area (Å²) in [6, 6.07) is 3.75. The third-order valence-corrected chi connectivity index (χ3v) is 2.65. The number of nitrogens with zero attached hydrogens (tertiary/aromatic N) is 3. The maximum absolute atomic E-state index is 10.6. The maximum Gasteiger partial charge on any atom is 0.303 e. The number of rotatable bonds is 3. The predicted molar refractivity (Wildman–Crippen MR) is 58.4 cm³/mol. The van der Waals surface area contributed by atoms with Crippen LogP contribution in [-0.2, 0) is 4.79 Å². The van der Waals surface area contributed by atoms with Crippen LogP contribution < -0.4 is 0 Å². The number of hydrogen-bond acceptors (Lipinski definition) is 3. The highest BCUT2D eigenvalue weighted by atomic mass is 16.4. The quantitative estimate of drug-likeness (QED) is 0.851. The third-order valence-electron chi connectivity index (χ3n) is 2.65. The average molecular weight is 219 g/mol. The minimum atomic E-state index is -0.784. The Morgan fingerprint density at radius 2 is 2.25 bits per heavy atom. The average Bonchev–Trinajstić information content (AvgIpc) is 2.59. The molecule has 5 nitrogen and oxygen atoms in total. The fourth-order valence-corrected chi connectivity index (χ4v) is 1.69. The molecule has 1 atom stereocenters. The summed E-state index contributed by atoms with van der Waals surface area (Å²) in [5.41, 5.74) is 1.77. The van der Waals surface area contributed by atoms with Crippen LogP contribution in [0, 0.1) is 6.92 Å². The van der Waals surface area contributed by atoms with E-state index in [4.69, 9.17) is 5.11 Å². The minimum absolute atomic E-state index is 0.0105. The highest BCUT2D eigenvalue weighted by molar-refractivity contribution is 5.68. The second kappa shape index (κ2) is 3.92. The van der Waals surface area contributed by atoms with Gasteiger partial charge in [0.25, 0.3) is 0 Å². The Labute approximate surface area is 92.7 Å². The molecule has 0 fully saturated rings. The van der Waals surface area contributed by atoms with Crippen molar-refractivity contribution in [3.63, 3.8) is 0 Å². The molecule has 0 aliphatic rings. The van der Waals surface area contributed by atoms with Crippen LogP contribution in [0.3, 0.4) is 0 Å². The van der Waals surface area contributed by atoms with Crippen molar-refractivity contribution in [1.29, 1.82) is 0 Å². The van der Waals surface area contributed by atoms with Gasteiger partial charge in [-0.05, 0) is 24.5 Å². The fraction of sp³-hybridized carbons (Fsp3) is 0.364. The lowest BCUT2D eigenvalue weighted by Gasteiger charge is -2.09. The Bertz CT molecular complexity index is 533. The van der Waals surface area contributed by atoms with Crippen LogP contribution in [0.4, 0.5) is 0 Å². The SMILES string of the molecule is Cc1nnc2ccc(C(C)CC(=O)O)cn12. The Kier molecular flexibility index (Phi) is 2.60. The minimum Gasteiger partial charge on any atom is -0.481 e. The Morgan fingerprint density at radius 1 is 1.50 bits per heavy atom. The summed E-state index contributed by atoms with van der Waals surface area (Å²) in [4.78, 5) is 10.6. The second-order valence-electron chi connectivity index (χ2n) is 3.94. The van der Waals surface area contributed by atoms with E-state index in [2.05, 4.69) is 10.2 Å². The standard InChI is InChI=1S/C11H13N3O2/c1-7(5-11(15)16)9-3-4-10-13-12-8(2)14(10)6-9/h3-4,6-7H,5H2,1-2H3,(H,15,16). The molecule has 2 aromatic heterocycles. The molecule has 2 aromatic rings. The molecule has 0 aliphatic carbocycles. The lowest BCUT2D eigenvalue weighted by atomic mass is 10.00. The van der Waals surface area contributed by atoms with Crippen LogP contribution in [0.15, 0.2) is 18.3 Å². The Balaban J connectivity index is 2.38. The van der Waals surface area contributed by atoms with Crippen molar-refractivity contribution in [2.24, 2.45) is 0 Å². The summed E-state index contributed by atoms with van der Waals surface area (Å²) in [6.45, 7) is 3.76. The number of aromatic nitrogens is 3. The molecule has 0 spiro atoms. The van der Waals surface area contributed by atoms with E-state index in [1.807, 2.05) is 36.6 Å². The molecule has 84 valence electrons. The van der Waals surface area contributed by atoms with Crippen molar-refractivity contribution in [2.45, 2.75) is 26.2 Å². The van der Waals surface area contributed by atoms with Gasteiger partial charge < -0.3 is 5.11 Å². The van der Waals surface area contributed by atoms with E-state index in [-0.39, 0.29) is 12.3 Å².